The number of hydrogen-bond donors (Lipinski definition) is 2. The van der Waals surface area contributed by atoms with E-state index in [1.807, 2.05) is 0 Å². The minimum absolute atomic E-state index is 0.530. The van der Waals surface area contributed by atoms with Crippen molar-refractivity contribution in [1.29, 1.82) is 0 Å². The van der Waals surface area contributed by atoms with Crippen molar-refractivity contribution in [2.45, 2.75) is 58.9 Å². The highest BCUT2D eigenvalue weighted by Gasteiger charge is 2.20. The van der Waals surface area contributed by atoms with Gasteiger partial charge in [0.25, 0.3) is 0 Å². The van der Waals surface area contributed by atoms with E-state index in [2.05, 4.69) is 46.6 Å². The molecular weight excluding hydrogens is 368 g/mol. The van der Waals surface area contributed by atoms with E-state index in [0.717, 1.165) is 44.5 Å². The summed E-state index contributed by atoms with van der Waals surface area (Å²) in [4.78, 5) is 14.6. The standard InChI is InChI=1S/C21H38N6S/c1-4-22-20(24-18-8-13-26(14-9-18)15-17(2)3)23-10-7-19-16-28-21(25-19)27-11-5-6-12-27/h16-18H,4-15H2,1-3H3,(H2,22,23,24). The van der Waals surface area contributed by atoms with Crippen LogP contribution in [0.25, 0.3) is 0 Å². The van der Waals surface area contributed by atoms with E-state index in [1.165, 1.54) is 56.1 Å². The molecule has 3 heterocycles. The first kappa shape index (κ1) is 21.4. The van der Waals surface area contributed by atoms with E-state index in [4.69, 9.17) is 9.98 Å². The average Bonchev–Trinajstić information content (AvgIpc) is 3.34. The van der Waals surface area contributed by atoms with Crippen molar-refractivity contribution in [2.75, 3.05) is 50.7 Å². The van der Waals surface area contributed by atoms with Crippen LogP contribution >= 0.6 is 11.3 Å². The third kappa shape index (κ3) is 6.62. The van der Waals surface area contributed by atoms with Gasteiger partial charge in [0.1, 0.15) is 0 Å². The van der Waals surface area contributed by atoms with Crippen molar-refractivity contribution in [3.8, 4) is 0 Å². The van der Waals surface area contributed by atoms with Gasteiger partial charge in [-0.2, -0.15) is 0 Å². The minimum atomic E-state index is 0.530. The molecule has 28 heavy (non-hydrogen) atoms. The molecule has 0 amide bonds. The SMILES string of the molecule is CCNC(=NCCc1csc(N2CCCC2)n1)NC1CCN(CC(C)C)CC1. The molecule has 2 saturated heterocycles. The van der Waals surface area contributed by atoms with Crippen LogP contribution in [0.1, 0.15) is 52.1 Å². The number of guanidine groups is 1. The van der Waals surface area contributed by atoms with Gasteiger partial charge in [-0.1, -0.05) is 13.8 Å². The molecule has 0 saturated carbocycles. The Morgan fingerprint density at radius 1 is 1.25 bits per heavy atom. The Balaban J connectivity index is 1.44. The molecule has 2 aliphatic rings. The summed E-state index contributed by atoms with van der Waals surface area (Å²) in [6.07, 6.45) is 5.90. The van der Waals surface area contributed by atoms with Crippen LogP contribution in [-0.4, -0.2) is 67.7 Å². The van der Waals surface area contributed by atoms with E-state index >= 15 is 0 Å². The van der Waals surface area contributed by atoms with Crippen LogP contribution in [0.3, 0.4) is 0 Å². The number of aliphatic imine (C=N–C) groups is 1. The van der Waals surface area contributed by atoms with Crippen LogP contribution in [0, 0.1) is 5.92 Å². The Kier molecular flexibility index (Phi) is 8.40. The second kappa shape index (κ2) is 11.0. The van der Waals surface area contributed by atoms with Crippen molar-refractivity contribution < 1.29 is 0 Å². The number of likely N-dealkylation sites (tertiary alicyclic amines) is 1. The van der Waals surface area contributed by atoms with E-state index in [1.54, 1.807) is 11.3 Å². The second-order valence-corrected chi connectivity index (χ2v) is 9.28. The largest absolute Gasteiger partial charge is 0.357 e. The van der Waals surface area contributed by atoms with E-state index in [-0.39, 0.29) is 0 Å². The number of aromatic nitrogens is 1. The zero-order chi connectivity index (χ0) is 19.8. The molecule has 0 aliphatic carbocycles. The monoisotopic (exact) mass is 406 g/mol. The molecule has 2 N–H and O–H groups in total. The molecular formula is C21H38N6S. The lowest BCUT2D eigenvalue weighted by Crippen LogP contribution is -2.49. The maximum atomic E-state index is 4.81. The van der Waals surface area contributed by atoms with Gasteiger partial charge in [-0.05, 0) is 38.5 Å². The normalized spacial score (nSPS) is 19.6. The van der Waals surface area contributed by atoms with Gasteiger partial charge in [-0.25, -0.2) is 4.98 Å². The quantitative estimate of drug-likeness (QED) is 0.513. The Hall–Kier alpha value is -1.34. The van der Waals surface area contributed by atoms with Crippen LogP contribution in [0.4, 0.5) is 5.13 Å². The lowest BCUT2D eigenvalue weighted by atomic mass is 10.0. The van der Waals surface area contributed by atoms with E-state index in [9.17, 15) is 0 Å². The number of rotatable bonds is 8. The van der Waals surface area contributed by atoms with E-state index in [0.29, 0.717) is 6.04 Å². The number of anilines is 1. The van der Waals surface area contributed by atoms with Crippen LogP contribution in [0.2, 0.25) is 0 Å². The van der Waals surface area contributed by atoms with Crippen molar-refractivity contribution in [2.24, 2.45) is 10.9 Å². The van der Waals surface area contributed by atoms with Crippen molar-refractivity contribution >= 4 is 22.4 Å². The summed E-state index contributed by atoms with van der Waals surface area (Å²) in [7, 11) is 0. The summed E-state index contributed by atoms with van der Waals surface area (Å²) in [5.41, 5.74) is 1.17. The van der Waals surface area contributed by atoms with Crippen LogP contribution < -0.4 is 15.5 Å². The molecule has 0 atom stereocenters. The number of hydrogen-bond acceptors (Lipinski definition) is 5. The first-order valence-corrected chi connectivity index (χ1v) is 12.0. The Morgan fingerprint density at radius 2 is 2.00 bits per heavy atom. The van der Waals surface area contributed by atoms with Gasteiger partial charge in [0.15, 0.2) is 11.1 Å². The average molecular weight is 407 g/mol. The highest BCUT2D eigenvalue weighted by molar-refractivity contribution is 7.13. The third-order valence-corrected chi connectivity index (χ3v) is 6.40. The third-order valence-electron chi connectivity index (χ3n) is 5.45. The predicted molar refractivity (Wildman–Crippen MR) is 121 cm³/mol. The maximum absolute atomic E-state index is 4.81. The van der Waals surface area contributed by atoms with Gasteiger partial charge in [-0.3, -0.25) is 4.99 Å². The zero-order valence-corrected chi connectivity index (χ0v) is 18.7. The fraction of sp³-hybridized carbons (Fsp3) is 0.810. The second-order valence-electron chi connectivity index (χ2n) is 8.44. The molecule has 1 aromatic heterocycles. The molecule has 7 heteroatoms. The first-order chi connectivity index (χ1) is 13.6. The Labute approximate surface area is 174 Å². The molecule has 0 spiro atoms. The summed E-state index contributed by atoms with van der Waals surface area (Å²) in [5, 5.41) is 10.5. The van der Waals surface area contributed by atoms with Crippen LogP contribution in [-0.2, 0) is 6.42 Å². The van der Waals surface area contributed by atoms with Gasteiger partial charge in [-0.15, -0.1) is 11.3 Å². The molecule has 0 bridgehead atoms. The number of nitrogens with zero attached hydrogens (tertiary/aromatic N) is 4. The molecule has 2 aliphatic heterocycles. The molecule has 0 radical (unpaired) electrons. The summed E-state index contributed by atoms with van der Waals surface area (Å²) in [6, 6.07) is 0.530. The fourth-order valence-electron chi connectivity index (χ4n) is 4.04. The zero-order valence-electron chi connectivity index (χ0n) is 17.9. The highest BCUT2D eigenvalue weighted by Crippen LogP contribution is 2.24. The molecule has 158 valence electrons. The minimum Gasteiger partial charge on any atom is -0.357 e. The summed E-state index contributed by atoms with van der Waals surface area (Å²) in [6.45, 7) is 14.3. The molecule has 0 aromatic carbocycles. The number of piperidine rings is 1. The highest BCUT2D eigenvalue weighted by atomic mass is 32.1. The summed E-state index contributed by atoms with van der Waals surface area (Å²) in [5.74, 6) is 1.71. The Morgan fingerprint density at radius 3 is 2.68 bits per heavy atom. The first-order valence-electron chi connectivity index (χ1n) is 11.1. The van der Waals surface area contributed by atoms with Gasteiger partial charge >= 0.3 is 0 Å². The van der Waals surface area contributed by atoms with Gasteiger partial charge < -0.3 is 20.4 Å². The molecule has 0 unspecified atom stereocenters. The van der Waals surface area contributed by atoms with Gasteiger partial charge in [0.2, 0.25) is 0 Å². The number of thiazole rings is 1. The van der Waals surface area contributed by atoms with Gasteiger partial charge in [0.05, 0.1) is 5.69 Å². The summed E-state index contributed by atoms with van der Waals surface area (Å²) >= 11 is 1.78. The number of nitrogens with one attached hydrogen (secondary N) is 2. The van der Waals surface area contributed by atoms with Crippen molar-refractivity contribution in [1.82, 2.24) is 20.5 Å². The topological polar surface area (TPSA) is 55.8 Å². The van der Waals surface area contributed by atoms with Crippen LogP contribution in [0.15, 0.2) is 10.4 Å². The lowest BCUT2D eigenvalue weighted by Gasteiger charge is -2.34. The van der Waals surface area contributed by atoms with E-state index < -0.39 is 0 Å². The van der Waals surface area contributed by atoms with Crippen molar-refractivity contribution in [3.05, 3.63) is 11.1 Å². The predicted octanol–water partition coefficient (Wildman–Crippen LogP) is 2.96. The van der Waals surface area contributed by atoms with Crippen LogP contribution in [0.5, 0.6) is 0 Å². The maximum Gasteiger partial charge on any atom is 0.191 e. The smallest absolute Gasteiger partial charge is 0.191 e. The van der Waals surface area contributed by atoms with Crippen molar-refractivity contribution in [3.63, 3.8) is 0 Å². The molecule has 2 fully saturated rings. The Bertz CT molecular complexity index is 600. The van der Waals surface area contributed by atoms with Gasteiger partial charge in [0, 0.05) is 63.7 Å². The molecule has 6 nitrogen and oxygen atoms in total. The fourth-order valence-corrected chi connectivity index (χ4v) is 4.95. The molecule has 1 aromatic rings. The summed E-state index contributed by atoms with van der Waals surface area (Å²) < 4.78 is 0. The molecule has 3 rings (SSSR count). The lowest BCUT2D eigenvalue weighted by molar-refractivity contribution is 0.187.